The molecule has 7 heteroatoms. The second-order valence-corrected chi connectivity index (χ2v) is 6.35. The number of ether oxygens (including phenoxy) is 3. The van der Waals surface area contributed by atoms with Crippen molar-refractivity contribution in [2.45, 2.75) is 11.8 Å². The van der Waals surface area contributed by atoms with Crippen LogP contribution in [0.3, 0.4) is 0 Å². The summed E-state index contributed by atoms with van der Waals surface area (Å²) in [5, 5.41) is 0. The quantitative estimate of drug-likeness (QED) is 0.831. The molecule has 1 aliphatic heterocycles. The number of nitrogens with zero attached hydrogens (tertiary/aromatic N) is 1. The van der Waals surface area contributed by atoms with Gasteiger partial charge in [0.1, 0.15) is 16.4 Å². The molecule has 20 heavy (non-hydrogen) atoms. The normalized spacial score (nSPS) is 16.9. The summed E-state index contributed by atoms with van der Waals surface area (Å²) in [6.45, 7) is 3.32. The molecule has 1 aliphatic rings. The van der Waals surface area contributed by atoms with Crippen LogP contribution in [0.2, 0.25) is 0 Å². The second-order valence-electron chi connectivity index (χ2n) is 4.44. The van der Waals surface area contributed by atoms with E-state index in [1.165, 1.54) is 24.6 Å². The summed E-state index contributed by atoms with van der Waals surface area (Å²) in [6, 6.07) is 3.17. The van der Waals surface area contributed by atoms with Gasteiger partial charge >= 0.3 is 0 Å². The second kappa shape index (κ2) is 5.99. The van der Waals surface area contributed by atoms with Gasteiger partial charge in [0.15, 0.2) is 0 Å². The van der Waals surface area contributed by atoms with Gasteiger partial charge in [0.25, 0.3) is 0 Å². The zero-order valence-electron chi connectivity index (χ0n) is 11.9. The van der Waals surface area contributed by atoms with E-state index in [9.17, 15) is 8.42 Å². The third-order valence-electron chi connectivity index (χ3n) is 3.33. The lowest BCUT2D eigenvalue weighted by molar-refractivity contribution is 0.0729. The van der Waals surface area contributed by atoms with E-state index >= 15 is 0 Å². The van der Waals surface area contributed by atoms with Crippen molar-refractivity contribution in [3.63, 3.8) is 0 Å². The van der Waals surface area contributed by atoms with Gasteiger partial charge in [0.2, 0.25) is 10.0 Å². The van der Waals surface area contributed by atoms with Crippen LogP contribution in [0, 0.1) is 6.92 Å². The van der Waals surface area contributed by atoms with E-state index in [-0.39, 0.29) is 4.90 Å². The molecule has 0 aromatic heterocycles. The van der Waals surface area contributed by atoms with Crippen LogP contribution in [0.15, 0.2) is 17.0 Å². The first-order chi connectivity index (χ1) is 9.52. The van der Waals surface area contributed by atoms with Gasteiger partial charge < -0.3 is 14.2 Å². The van der Waals surface area contributed by atoms with Crippen molar-refractivity contribution in [2.24, 2.45) is 0 Å². The Morgan fingerprint density at radius 1 is 1.15 bits per heavy atom. The number of morpholine rings is 1. The number of hydrogen-bond acceptors (Lipinski definition) is 5. The SMILES string of the molecule is COc1ccc(S(=O)(=O)N2CCOCC2)c(OC)c1C. The van der Waals surface area contributed by atoms with Gasteiger partial charge in [0, 0.05) is 18.7 Å². The summed E-state index contributed by atoms with van der Waals surface area (Å²) in [6.07, 6.45) is 0. The molecule has 6 nitrogen and oxygen atoms in total. The van der Waals surface area contributed by atoms with Gasteiger partial charge in [-0.05, 0) is 19.1 Å². The number of methoxy groups -OCH3 is 2. The summed E-state index contributed by atoms with van der Waals surface area (Å²) < 4.78 is 42.4. The molecule has 0 saturated carbocycles. The van der Waals surface area contributed by atoms with Crippen molar-refractivity contribution in [3.8, 4) is 11.5 Å². The van der Waals surface area contributed by atoms with Crippen LogP contribution in [0.5, 0.6) is 11.5 Å². The van der Waals surface area contributed by atoms with Crippen molar-refractivity contribution in [1.29, 1.82) is 0 Å². The average molecular weight is 301 g/mol. The molecule has 2 rings (SSSR count). The maximum Gasteiger partial charge on any atom is 0.246 e. The smallest absolute Gasteiger partial charge is 0.246 e. The Hall–Kier alpha value is -1.31. The zero-order chi connectivity index (χ0) is 14.8. The Labute approximate surface area is 119 Å². The standard InChI is InChI=1S/C13H19NO5S/c1-10-11(17-2)4-5-12(13(10)18-3)20(15,16)14-6-8-19-9-7-14/h4-5H,6-9H2,1-3H3. The highest BCUT2D eigenvalue weighted by atomic mass is 32.2. The predicted octanol–water partition coefficient (Wildman–Crippen LogP) is 1.03. The number of benzene rings is 1. The molecular formula is C13H19NO5S. The molecule has 1 fully saturated rings. The van der Waals surface area contributed by atoms with Crippen molar-refractivity contribution < 1.29 is 22.6 Å². The predicted molar refractivity (Wildman–Crippen MR) is 73.9 cm³/mol. The first-order valence-corrected chi connectivity index (χ1v) is 7.76. The first kappa shape index (κ1) is 15.1. The molecule has 0 N–H and O–H groups in total. The minimum Gasteiger partial charge on any atom is -0.496 e. The third-order valence-corrected chi connectivity index (χ3v) is 5.25. The molecule has 1 aromatic carbocycles. The Morgan fingerprint density at radius 3 is 2.35 bits per heavy atom. The molecular weight excluding hydrogens is 282 g/mol. The molecule has 0 amide bonds. The lowest BCUT2D eigenvalue weighted by atomic mass is 10.2. The Balaban J connectivity index is 2.48. The fourth-order valence-corrected chi connectivity index (χ4v) is 3.87. The third kappa shape index (κ3) is 2.61. The fraction of sp³-hybridized carbons (Fsp3) is 0.538. The number of sulfonamides is 1. The molecule has 0 spiro atoms. The molecule has 0 aliphatic carbocycles. The van der Waals surface area contributed by atoms with Gasteiger partial charge in [-0.2, -0.15) is 4.31 Å². The van der Waals surface area contributed by atoms with E-state index in [0.29, 0.717) is 43.4 Å². The minimum atomic E-state index is -3.58. The van der Waals surface area contributed by atoms with Crippen molar-refractivity contribution >= 4 is 10.0 Å². The number of hydrogen-bond donors (Lipinski definition) is 0. The van der Waals surface area contributed by atoms with E-state index in [2.05, 4.69) is 0 Å². The van der Waals surface area contributed by atoms with Gasteiger partial charge in [0.05, 0.1) is 27.4 Å². The highest BCUT2D eigenvalue weighted by molar-refractivity contribution is 7.89. The van der Waals surface area contributed by atoms with Crippen molar-refractivity contribution in [1.82, 2.24) is 4.31 Å². The van der Waals surface area contributed by atoms with E-state index in [4.69, 9.17) is 14.2 Å². The molecule has 112 valence electrons. The monoisotopic (exact) mass is 301 g/mol. The average Bonchev–Trinajstić information content (AvgIpc) is 2.47. The summed E-state index contributed by atoms with van der Waals surface area (Å²) in [5.41, 5.74) is 0.671. The Kier molecular flexibility index (Phi) is 4.52. The number of rotatable bonds is 4. The fourth-order valence-electron chi connectivity index (χ4n) is 2.25. The van der Waals surface area contributed by atoms with Crippen molar-refractivity contribution in [2.75, 3.05) is 40.5 Å². The van der Waals surface area contributed by atoms with E-state index in [1.54, 1.807) is 13.0 Å². The van der Waals surface area contributed by atoms with E-state index in [1.807, 2.05) is 0 Å². The Bertz CT molecular complexity index is 579. The van der Waals surface area contributed by atoms with E-state index in [0.717, 1.165) is 0 Å². The van der Waals surface area contributed by atoms with Gasteiger partial charge in [-0.25, -0.2) is 8.42 Å². The van der Waals surface area contributed by atoms with Crippen LogP contribution in [-0.4, -0.2) is 53.2 Å². The summed E-state index contributed by atoms with van der Waals surface area (Å²) in [7, 11) is -0.581. The van der Waals surface area contributed by atoms with Crippen molar-refractivity contribution in [3.05, 3.63) is 17.7 Å². The molecule has 1 aromatic rings. The van der Waals surface area contributed by atoms with Gasteiger partial charge in [-0.1, -0.05) is 0 Å². The largest absolute Gasteiger partial charge is 0.496 e. The lowest BCUT2D eigenvalue weighted by Crippen LogP contribution is -2.40. The molecule has 0 unspecified atom stereocenters. The molecule has 1 saturated heterocycles. The zero-order valence-corrected chi connectivity index (χ0v) is 12.7. The van der Waals surface area contributed by atoms with Crippen LogP contribution in [0.25, 0.3) is 0 Å². The highest BCUT2D eigenvalue weighted by Crippen LogP contribution is 2.35. The lowest BCUT2D eigenvalue weighted by Gasteiger charge is -2.27. The molecule has 1 heterocycles. The van der Waals surface area contributed by atoms with E-state index < -0.39 is 10.0 Å². The van der Waals surface area contributed by atoms with Crippen LogP contribution in [0.1, 0.15) is 5.56 Å². The maximum absolute atomic E-state index is 12.7. The van der Waals surface area contributed by atoms with Gasteiger partial charge in [-0.15, -0.1) is 0 Å². The summed E-state index contributed by atoms with van der Waals surface area (Å²) >= 11 is 0. The minimum absolute atomic E-state index is 0.167. The summed E-state index contributed by atoms with van der Waals surface area (Å²) in [4.78, 5) is 0.167. The Morgan fingerprint density at radius 2 is 1.80 bits per heavy atom. The molecule has 0 atom stereocenters. The summed E-state index contributed by atoms with van der Waals surface area (Å²) in [5.74, 6) is 0.929. The molecule has 0 radical (unpaired) electrons. The molecule has 0 bridgehead atoms. The van der Waals surface area contributed by atoms with Crippen LogP contribution >= 0.6 is 0 Å². The topological polar surface area (TPSA) is 65.1 Å². The first-order valence-electron chi connectivity index (χ1n) is 6.32. The maximum atomic E-state index is 12.7. The highest BCUT2D eigenvalue weighted by Gasteiger charge is 2.30. The van der Waals surface area contributed by atoms with Crippen LogP contribution < -0.4 is 9.47 Å². The van der Waals surface area contributed by atoms with Crippen LogP contribution in [0.4, 0.5) is 0 Å². The van der Waals surface area contributed by atoms with Gasteiger partial charge in [-0.3, -0.25) is 0 Å². The van der Waals surface area contributed by atoms with Crippen LogP contribution in [-0.2, 0) is 14.8 Å².